The lowest BCUT2D eigenvalue weighted by atomic mass is 9.77. The van der Waals surface area contributed by atoms with Gasteiger partial charge in [-0.2, -0.15) is 5.26 Å². The van der Waals surface area contributed by atoms with E-state index in [-0.39, 0.29) is 11.4 Å². The van der Waals surface area contributed by atoms with Crippen LogP contribution in [0.25, 0.3) is 0 Å². The minimum atomic E-state index is -1.18. The molecule has 0 radical (unpaired) electrons. The van der Waals surface area contributed by atoms with Crippen LogP contribution in [0, 0.1) is 17.2 Å². The van der Waals surface area contributed by atoms with Gasteiger partial charge in [0.15, 0.2) is 0 Å². The van der Waals surface area contributed by atoms with Gasteiger partial charge in [0.1, 0.15) is 17.5 Å². The summed E-state index contributed by atoms with van der Waals surface area (Å²) in [5.41, 5.74) is 11.7. The Morgan fingerprint density at radius 2 is 2.00 bits per heavy atom. The van der Waals surface area contributed by atoms with Crippen molar-refractivity contribution in [2.24, 2.45) is 17.4 Å². The van der Waals surface area contributed by atoms with E-state index in [1.165, 1.54) is 7.11 Å². The van der Waals surface area contributed by atoms with Crippen molar-refractivity contribution < 1.29 is 14.3 Å². The number of primary amides is 1. The van der Waals surface area contributed by atoms with Crippen LogP contribution in [0.1, 0.15) is 11.5 Å². The highest BCUT2D eigenvalue weighted by Crippen LogP contribution is 2.36. The first-order valence-electron chi connectivity index (χ1n) is 6.13. The van der Waals surface area contributed by atoms with Crippen molar-refractivity contribution in [3.8, 4) is 11.8 Å². The molecule has 108 valence electrons. The molecule has 0 unspecified atom stereocenters. The first-order valence-corrected chi connectivity index (χ1v) is 6.13. The minimum absolute atomic E-state index is 0.0548. The molecule has 2 atom stereocenters. The molecule has 1 aliphatic rings. The van der Waals surface area contributed by atoms with Crippen LogP contribution in [0.2, 0.25) is 0 Å². The van der Waals surface area contributed by atoms with E-state index in [9.17, 15) is 14.9 Å². The molecule has 7 nitrogen and oxygen atoms in total. The molecule has 0 fully saturated rings. The molecule has 0 aliphatic carbocycles. The molecule has 2 amide bonds. The molecule has 0 spiro atoms. The van der Waals surface area contributed by atoms with Crippen molar-refractivity contribution in [2.45, 2.75) is 5.92 Å². The summed E-state index contributed by atoms with van der Waals surface area (Å²) in [4.78, 5) is 23.6. The van der Waals surface area contributed by atoms with Gasteiger partial charge in [0.05, 0.1) is 18.8 Å². The van der Waals surface area contributed by atoms with Crippen LogP contribution in [-0.2, 0) is 9.59 Å². The average molecular weight is 286 g/mol. The fraction of sp³-hybridized carbons (Fsp3) is 0.214. The van der Waals surface area contributed by atoms with E-state index in [1.807, 2.05) is 6.07 Å². The number of nitrogens with zero attached hydrogens (tertiary/aromatic N) is 1. The summed E-state index contributed by atoms with van der Waals surface area (Å²) in [5, 5.41) is 11.6. The van der Waals surface area contributed by atoms with Gasteiger partial charge in [-0.05, 0) is 17.7 Å². The van der Waals surface area contributed by atoms with Gasteiger partial charge in [-0.1, -0.05) is 12.1 Å². The van der Waals surface area contributed by atoms with E-state index in [4.69, 9.17) is 16.2 Å². The summed E-state index contributed by atoms with van der Waals surface area (Å²) in [6.07, 6.45) is 0. The minimum Gasteiger partial charge on any atom is -0.497 e. The zero-order valence-corrected chi connectivity index (χ0v) is 11.3. The molecule has 0 bridgehead atoms. The Balaban J connectivity index is 2.56. The third-order valence-electron chi connectivity index (χ3n) is 3.38. The van der Waals surface area contributed by atoms with Gasteiger partial charge in [-0.3, -0.25) is 9.59 Å². The molecule has 7 heteroatoms. The number of methoxy groups -OCH3 is 1. The molecule has 2 rings (SSSR count). The SMILES string of the molecule is COc1ccc([C@H]2C(C#N)=C(N)NC(=O)[C@H]2C(N)=O)cc1. The topological polar surface area (TPSA) is 131 Å². The smallest absolute Gasteiger partial charge is 0.239 e. The predicted octanol–water partition coefficient (Wildman–Crippen LogP) is -0.296. The maximum atomic E-state index is 12.0. The first-order chi connectivity index (χ1) is 9.99. The van der Waals surface area contributed by atoms with Gasteiger partial charge in [0.25, 0.3) is 0 Å². The van der Waals surface area contributed by atoms with E-state index in [1.54, 1.807) is 24.3 Å². The van der Waals surface area contributed by atoms with Gasteiger partial charge in [0, 0.05) is 5.92 Å². The van der Waals surface area contributed by atoms with Crippen LogP contribution >= 0.6 is 0 Å². The van der Waals surface area contributed by atoms with Crippen molar-refractivity contribution >= 4 is 11.8 Å². The van der Waals surface area contributed by atoms with E-state index in [2.05, 4.69) is 5.32 Å². The molecule has 1 aromatic rings. The number of hydrogen-bond acceptors (Lipinski definition) is 5. The molecule has 0 saturated heterocycles. The Morgan fingerprint density at radius 1 is 1.38 bits per heavy atom. The van der Waals surface area contributed by atoms with Gasteiger partial charge in [-0.15, -0.1) is 0 Å². The van der Waals surface area contributed by atoms with Crippen LogP contribution in [-0.4, -0.2) is 18.9 Å². The molecule has 1 aromatic carbocycles. The Hall–Kier alpha value is -3.01. The summed E-state index contributed by atoms with van der Waals surface area (Å²) >= 11 is 0. The Kier molecular flexibility index (Phi) is 3.80. The second-order valence-electron chi connectivity index (χ2n) is 4.56. The highest BCUT2D eigenvalue weighted by molar-refractivity contribution is 6.03. The number of hydrogen-bond donors (Lipinski definition) is 3. The van der Waals surface area contributed by atoms with Gasteiger partial charge >= 0.3 is 0 Å². The van der Waals surface area contributed by atoms with Gasteiger partial charge in [-0.25, -0.2) is 0 Å². The fourth-order valence-corrected chi connectivity index (χ4v) is 2.36. The second kappa shape index (κ2) is 5.54. The highest BCUT2D eigenvalue weighted by Gasteiger charge is 2.41. The predicted molar refractivity (Wildman–Crippen MR) is 73.4 cm³/mol. The van der Waals surface area contributed by atoms with Crippen molar-refractivity contribution in [1.29, 1.82) is 5.26 Å². The maximum absolute atomic E-state index is 12.0. The second-order valence-corrected chi connectivity index (χ2v) is 4.56. The van der Waals surface area contributed by atoms with Crippen molar-refractivity contribution in [1.82, 2.24) is 5.32 Å². The monoisotopic (exact) mass is 286 g/mol. The normalized spacial score (nSPS) is 21.4. The van der Waals surface area contributed by atoms with Gasteiger partial charge < -0.3 is 21.5 Å². The highest BCUT2D eigenvalue weighted by atomic mass is 16.5. The summed E-state index contributed by atoms with van der Waals surface area (Å²) in [6, 6.07) is 8.62. The molecule has 21 heavy (non-hydrogen) atoms. The molecular weight excluding hydrogens is 272 g/mol. The van der Waals surface area contributed by atoms with Crippen molar-refractivity contribution in [2.75, 3.05) is 7.11 Å². The standard InChI is InChI=1S/C14H14N4O3/c1-21-8-4-2-7(3-5-8)10-9(6-15)12(16)18-14(20)11(10)13(17)19/h2-5,10-11H,16H2,1H3,(H2,17,19)(H,18,20)/t10-,11+/m0/s1. The molecule has 0 aromatic heterocycles. The summed E-state index contributed by atoms with van der Waals surface area (Å²) in [7, 11) is 1.52. The number of allylic oxidation sites excluding steroid dienone is 1. The van der Waals surface area contributed by atoms with E-state index in [0.29, 0.717) is 11.3 Å². The zero-order valence-electron chi connectivity index (χ0n) is 11.3. The van der Waals surface area contributed by atoms with Crippen molar-refractivity contribution in [3.05, 3.63) is 41.2 Å². The molecule has 1 aliphatic heterocycles. The molecular formula is C14H14N4O3. The lowest BCUT2D eigenvalue weighted by Gasteiger charge is -2.29. The lowest BCUT2D eigenvalue weighted by molar-refractivity contribution is -0.134. The summed E-state index contributed by atoms with van der Waals surface area (Å²) < 4.78 is 5.05. The first kappa shape index (κ1) is 14.4. The average Bonchev–Trinajstić information content (AvgIpc) is 2.46. The van der Waals surface area contributed by atoms with Gasteiger partial charge in [0.2, 0.25) is 11.8 Å². The fourth-order valence-electron chi connectivity index (χ4n) is 2.36. The third kappa shape index (κ3) is 2.51. The number of nitrogens with one attached hydrogen (secondary N) is 1. The Bertz CT molecular complexity index is 658. The zero-order chi connectivity index (χ0) is 15.6. The van der Waals surface area contributed by atoms with Crippen LogP contribution < -0.4 is 21.5 Å². The summed E-state index contributed by atoms with van der Waals surface area (Å²) in [6.45, 7) is 0. The van der Waals surface area contributed by atoms with Crippen LogP contribution in [0.15, 0.2) is 35.7 Å². The quantitative estimate of drug-likeness (QED) is 0.657. The number of nitriles is 1. The summed E-state index contributed by atoms with van der Waals surface area (Å²) in [5.74, 6) is -2.84. The third-order valence-corrected chi connectivity index (χ3v) is 3.38. The van der Waals surface area contributed by atoms with E-state index < -0.39 is 23.7 Å². The molecule has 0 saturated carbocycles. The molecule has 5 N–H and O–H groups in total. The number of benzene rings is 1. The maximum Gasteiger partial charge on any atom is 0.239 e. The van der Waals surface area contributed by atoms with Crippen molar-refractivity contribution in [3.63, 3.8) is 0 Å². The largest absolute Gasteiger partial charge is 0.497 e. The molecule has 1 heterocycles. The van der Waals surface area contributed by atoms with Crippen LogP contribution in [0.4, 0.5) is 0 Å². The number of carbonyl (C=O) groups is 2. The number of ether oxygens (including phenoxy) is 1. The van der Waals surface area contributed by atoms with E-state index in [0.717, 1.165) is 0 Å². The van der Waals surface area contributed by atoms with Crippen LogP contribution in [0.5, 0.6) is 5.75 Å². The number of rotatable bonds is 3. The number of amides is 2. The Labute approximate surface area is 121 Å². The number of nitrogens with two attached hydrogens (primary N) is 2. The lowest BCUT2D eigenvalue weighted by Crippen LogP contribution is -2.48. The van der Waals surface area contributed by atoms with Crippen LogP contribution in [0.3, 0.4) is 0 Å². The van der Waals surface area contributed by atoms with E-state index >= 15 is 0 Å². The Morgan fingerprint density at radius 3 is 2.48 bits per heavy atom. The number of carbonyl (C=O) groups excluding carboxylic acids is 2.